The standard InChI is InChI=1S/C15H18N4O4/c1-9-13(10(2)23-17-9)8-18(3)7-12-5-4-11(15(16)20)6-14(12)19(21)22/h4-6H,7-8H2,1-3H3,(H2,16,20). The third kappa shape index (κ3) is 3.72. The second-order valence-electron chi connectivity index (χ2n) is 5.44. The van der Waals surface area contributed by atoms with E-state index in [4.69, 9.17) is 10.3 Å². The van der Waals surface area contributed by atoms with Gasteiger partial charge in [0.25, 0.3) is 5.69 Å². The van der Waals surface area contributed by atoms with Crippen molar-refractivity contribution >= 4 is 11.6 Å². The highest BCUT2D eigenvalue weighted by atomic mass is 16.6. The quantitative estimate of drug-likeness (QED) is 0.642. The zero-order valence-corrected chi connectivity index (χ0v) is 13.2. The van der Waals surface area contributed by atoms with Crippen LogP contribution < -0.4 is 5.73 Å². The van der Waals surface area contributed by atoms with Gasteiger partial charge in [0, 0.05) is 35.8 Å². The van der Waals surface area contributed by atoms with Gasteiger partial charge < -0.3 is 10.3 Å². The minimum Gasteiger partial charge on any atom is -0.366 e. The number of aromatic nitrogens is 1. The van der Waals surface area contributed by atoms with E-state index in [1.807, 2.05) is 25.8 Å². The highest BCUT2D eigenvalue weighted by Crippen LogP contribution is 2.23. The summed E-state index contributed by atoms with van der Waals surface area (Å²) in [6.07, 6.45) is 0. The average molecular weight is 318 g/mol. The molecule has 1 aromatic carbocycles. The second-order valence-corrected chi connectivity index (χ2v) is 5.44. The molecule has 0 saturated carbocycles. The first-order valence-electron chi connectivity index (χ1n) is 6.97. The molecule has 8 heteroatoms. The van der Waals surface area contributed by atoms with Crippen molar-refractivity contribution in [2.45, 2.75) is 26.9 Å². The molecule has 0 radical (unpaired) electrons. The topological polar surface area (TPSA) is 116 Å². The molecule has 1 amide bonds. The highest BCUT2D eigenvalue weighted by molar-refractivity contribution is 5.93. The summed E-state index contributed by atoms with van der Waals surface area (Å²) in [7, 11) is 1.84. The zero-order chi connectivity index (χ0) is 17.1. The Morgan fingerprint density at radius 3 is 2.61 bits per heavy atom. The fraction of sp³-hybridized carbons (Fsp3) is 0.333. The minimum atomic E-state index is -0.691. The molecule has 0 aliphatic heterocycles. The molecule has 0 spiro atoms. The van der Waals surface area contributed by atoms with Crippen molar-refractivity contribution in [3.8, 4) is 0 Å². The molecule has 122 valence electrons. The van der Waals surface area contributed by atoms with Crippen molar-refractivity contribution in [1.29, 1.82) is 0 Å². The van der Waals surface area contributed by atoms with Crippen molar-refractivity contribution in [2.24, 2.45) is 5.73 Å². The lowest BCUT2D eigenvalue weighted by atomic mass is 10.1. The summed E-state index contributed by atoms with van der Waals surface area (Å²) in [6, 6.07) is 4.26. The number of nitrogens with zero attached hydrogens (tertiary/aromatic N) is 3. The van der Waals surface area contributed by atoms with Gasteiger partial charge in [-0.1, -0.05) is 11.2 Å². The van der Waals surface area contributed by atoms with Crippen LogP contribution in [0.1, 0.15) is 32.9 Å². The van der Waals surface area contributed by atoms with Crippen LogP contribution in [0.15, 0.2) is 22.7 Å². The van der Waals surface area contributed by atoms with E-state index in [2.05, 4.69) is 5.16 Å². The van der Waals surface area contributed by atoms with Crippen molar-refractivity contribution < 1.29 is 14.2 Å². The molecule has 0 saturated heterocycles. The molecule has 0 fully saturated rings. The molecular weight excluding hydrogens is 300 g/mol. The molecule has 0 bridgehead atoms. The van der Waals surface area contributed by atoms with Crippen molar-refractivity contribution in [2.75, 3.05) is 7.05 Å². The van der Waals surface area contributed by atoms with E-state index in [0.717, 1.165) is 17.0 Å². The fourth-order valence-electron chi connectivity index (χ4n) is 2.37. The lowest BCUT2D eigenvalue weighted by molar-refractivity contribution is -0.385. The van der Waals surface area contributed by atoms with Crippen LogP contribution in [0.2, 0.25) is 0 Å². The molecular formula is C15H18N4O4. The van der Waals surface area contributed by atoms with Crippen molar-refractivity contribution in [1.82, 2.24) is 10.1 Å². The van der Waals surface area contributed by atoms with E-state index in [0.29, 0.717) is 18.7 Å². The Bertz CT molecular complexity index is 734. The van der Waals surface area contributed by atoms with Gasteiger partial charge in [0.2, 0.25) is 5.91 Å². The first-order valence-corrected chi connectivity index (χ1v) is 6.97. The molecule has 2 aromatic rings. The number of carbonyl (C=O) groups excluding carboxylic acids is 1. The van der Waals surface area contributed by atoms with Crippen LogP contribution in [0.4, 0.5) is 5.69 Å². The van der Waals surface area contributed by atoms with E-state index in [9.17, 15) is 14.9 Å². The molecule has 8 nitrogen and oxygen atoms in total. The SMILES string of the molecule is Cc1noc(C)c1CN(C)Cc1ccc(C(N)=O)cc1[N+](=O)[O-]. The van der Waals surface area contributed by atoms with E-state index in [1.165, 1.54) is 12.1 Å². The molecule has 2 N–H and O–H groups in total. The number of nitro benzene ring substituents is 1. The van der Waals surface area contributed by atoms with Crippen LogP contribution in [-0.2, 0) is 13.1 Å². The molecule has 0 atom stereocenters. The van der Waals surface area contributed by atoms with Gasteiger partial charge in [0.15, 0.2) is 0 Å². The van der Waals surface area contributed by atoms with Gasteiger partial charge in [-0.25, -0.2) is 0 Å². The maximum Gasteiger partial charge on any atom is 0.274 e. The smallest absolute Gasteiger partial charge is 0.274 e. The number of hydrogen-bond donors (Lipinski definition) is 1. The zero-order valence-electron chi connectivity index (χ0n) is 13.2. The van der Waals surface area contributed by atoms with Gasteiger partial charge in [-0.15, -0.1) is 0 Å². The van der Waals surface area contributed by atoms with Gasteiger partial charge in [-0.05, 0) is 27.0 Å². The first-order chi connectivity index (χ1) is 10.8. The highest BCUT2D eigenvalue weighted by Gasteiger charge is 2.19. The molecule has 2 rings (SSSR count). The predicted molar refractivity (Wildman–Crippen MR) is 82.8 cm³/mol. The Morgan fingerprint density at radius 2 is 2.09 bits per heavy atom. The maximum atomic E-state index is 11.2. The Balaban J connectivity index is 2.22. The van der Waals surface area contributed by atoms with Crippen LogP contribution >= 0.6 is 0 Å². The Labute approximate surface area is 133 Å². The second kappa shape index (κ2) is 6.57. The summed E-state index contributed by atoms with van der Waals surface area (Å²) >= 11 is 0. The van der Waals surface area contributed by atoms with Gasteiger partial charge in [0.1, 0.15) is 5.76 Å². The van der Waals surface area contributed by atoms with E-state index in [-0.39, 0.29) is 11.3 Å². The molecule has 0 aliphatic rings. The number of nitro groups is 1. The Hall–Kier alpha value is -2.74. The lowest BCUT2D eigenvalue weighted by Crippen LogP contribution is -2.19. The van der Waals surface area contributed by atoms with Crippen LogP contribution in [0, 0.1) is 24.0 Å². The van der Waals surface area contributed by atoms with E-state index < -0.39 is 10.8 Å². The third-order valence-electron chi connectivity index (χ3n) is 3.62. The summed E-state index contributed by atoms with van der Waals surface area (Å²) in [5.41, 5.74) is 7.44. The Kier molecular flexibility index (Phi) is 4.75. The van der Waals surface area contributed by atoms with Crippen LogP contribution in [0.25, 0.3) is 0 Å². The lowest BCUT2D eigenvalue weighted by Gasteiger charge is -2.16. The fourth-order valence-corrected chi connectivity index (χ4v) is 2.37. The molecule has 0 aliphatic carbocycles. The summed E-state index contributed by atoms with van der Waals surface area (Å²) in [6.45, 7) is 4.58. The van der Waals surface area contributed by atoms with Gasteiger partial charge in [-0.3, -0.25) is 19.8 Å². The number of aryl methyl sites for hydroxylation is 2. The van der Waals surface area contributed by atoms with Crippen molar-refractivity contribution in [3.05, 3.63) is 56.5 Å². The average Bonchev–Trinajstić information content (AvgIpc) is 2.79. The number of nitrogens with two attached hydrogens (primary N) is 1. The monoisotopic (exact) mass is 318 g/mol. The normalized spacial score (nSPS) is 11.0. The maximum absolute atomic E-state index is 11.2. The van der Waals surface area contributed by atoms with Gasteiger partial charge in [0.05, 0.1) is 10.6 Å². The van der Waals surface area contributed by atoms with E-state index in [1.54, 1.807) is 6.07 Å². The van der Waals surface area contributed by atoms with Crippen LogP contribution in [0.5, 0.6) is 0 Å². The number of hydrogen-bond acceptors (Lipinski definition) is 6. The molecule has 0 unspecified atom stereocenters. The summed E-state index contributed by atoms with van der Waals surface area (Å²) < 4.78 is 5.11. The number of amides is 1. The van der Waals surface area contributed by atoms with Crippen molar-refractivity contribution in [3.63, 3.8) is 0 Å². The first kappa shape index (κ1) is 16.6. The number of primary amides is 1. The molecule has 1 aromatic heterocycles. The number of carbonyl (C=O) groups is 1. The summed E-state index contributed by atoms with van der Waals surface area (Å²) in [5, 5.41) is 15.1. The number of rotatable bonds is 6. The van der Waals surface area contributed by atoms with Crippen LogP contribution in [-0.4, -0.2) is 27.9 Å². The van der Waals surface area contributed by atoms with E-state index >= 15 is 0 Å². The van der Waals surface area contributed by atoms with Crippen LogP contribution in [0.3, 0.4) is 0 Å². The summed E-state index contributed by atoms with van der Waals surface area (Å²) in [5.74, 6) is 0.0386. The third-order valence-corrected chi connectivity index (χ3v) is 3.62. The molecule has 1 heterocycles. The molecule has 23 heavy (non-hydrogen) atoms. The van der Waals surface area contributed by atoms with Gasteiger partial charge in [-0.2, -0.15) is 0 Å². The largest absolute Gasteiger partial charge is 0.366 e. The Morgan fingerprint density at radius 1 is 1.39 bits per heavy atom. The number of benzene rings is 1. The summed E-state index contributed by atoms with van der Waals surface area (Å²) in [4.78, 5) is 23.8. The van der Waals surface area contributed by atoms with Gasteiger partial charge >= 0.3 is 0 Å². The minimum absolute atomic E-state index is 0.119. The predicted octanol–water partition coefficient (Wildman–Crippen LogP) is 1.93.